The zero-order chi connectivity index (χ0) is 14.0. The van der Waals surface area contributed by atoms with E-state index >= 15 is 0 Å². The lowest BCUT2D eigenvalue weighted by molar-refractivity contribution is -0.385. The van der Waals surface area contributed by atoms with Gasteiger partial charge in [0.05, 0.1) is 10.5 Å². The van der Waals surface area contributed by atoms with Crippen LogP contribution in [0.15, 0.2) is 18.6 Å². The summed E-state index contributed by atoms with van der Waals surface area (Å²) in [5, 5.41) is 16.7. The molecule has 10 heteroatoms. The number of pyridine rings is 1. The molecule has 98 valence electrons. The third-order valence-electron chi connectivity index (χ3n) is 2.22. The van der Waals surface area contributed by atoms with Crippen LogP contribution in [-0.2, 0) is 7.05 Å². The Morgan fingerprint density at radius 1 is 1.53 bits per heavy atom. The molecule has 9 nitrogen and oxygen atoms in total. The van der Waals surface area contributed by atoms with E-state index in [-0.39, 0.29) is 22.4 Å². The van der Waals surface area contributed by atoms with Crippen LogP contribution in [0.2, 0.25) is 5.15 Å². The first-order chi connectivity index (χ1) is 8.99. The highest BCUT2D eigenvalue weighted by molar-refractivity contribution is 6.33. The average Bonchev–Trinajstić information content (AvgIpc) is 2.75. The number of anilines is 1. The minimum absolute atomic E-state index is 0.112. The van der Waals surface area contributed by atoms with Crippen molar-refractivity contribution in [3.63, 3.8) is 0 Å². The Labute approximate surface area is 111 Å². The summed E-state index contributed by atoms with van der Waals surface area (Å²) in [7, 11) is 1.58. The summed E-state index contributed by atoms with van der Waals surface area (Å²) in [5.74, 6) is -0.468. The van der Waals surface area contributed by atoms with Gasteiger partial charge in [0.25, 0.3) is 11.6 Å². The van der Waals surface area contributed by atoms with Gasteiger partial charge in [-0.1, -0.05) is 11.6 Å². The molecule has 2 heterocycles. The zero-order valence-corrected chi connectivity index (χ0v) is 10.3. The van der Waals surface area contributed by atoms with Gasteiger partial charge in [-0.15, -0.1) is 0 Å². The Bertz CT molecular complexity index is 655. The van der Waals surface area contributed by atoms with E-state index in [1.54, 1.807) is 7.05 Å². The van der Waals surface area contributed by atoms with Crippen molar-refractivity contribution in [2.24, 2.45) is 7.05 Å². The van der Waals surface area contributed by atoms with Gasteiger partial charge in [0.2, 0.25) is 5.95 Å². The number of nitrogens with one attached hydrogen (secondary N) is 1. The van der Waals surface area contributed by atoms with E-state index < -0.39 is 10.8 Å². The molecule has 1 N–H and O–H groups in total. The first kappa shape index (κ1) is 12.9. The lowest BCUT2D eigenvalue weighted by Gasteiger charge is -2.04. The summed E-state index contributed by atoms with van der Waals surface area (Å²) in [4.78, 5) is 29.3. The number of halogens is 1. The Balaban J connectivity index is 2.31. The number of hydrogen-bond acceptors (Lipinski definition) is 6. The van der Waals surface area contributed by atoms with Crippen LogP contribution in [0.25, 0.3) is 0 Å². The molecule has 0 aliphatic heterocycles. The number of aromatic nitrogens is 4. The van der Waals surface area contributed by atoms with Gasteiger partial charge in [-0.2, -0.15) is 10.1 Å². The molecule has 0 spiro atoms. The lowest BCUT2D eigenvalue weighted by Crippen LogP contribution is -2.16. The Morgan fingerprint density at radius 3 is 2.84 bits per heavy atom. The van der Waals surface area contributed by atoms with E-state index in [1.807, 2.05) is 0 Å². The average molecular weight is 283 g/mol. The molecular weight excluding hydrogens is 276 g/mol. The fraction of sp³-hybridized carbons (Fsp3) is 0.111. The van der Waals surface area contributed by atoms with E-state index in [9.17, 15) is 14.9 Å². The largest absolute Gasteiger partial charge is 0.291 e. The number of carbonyl (C=O) groups excluding carboxylic acids is 1. The summed E-state index contributed by atoms with van der Waals surface area (Å²) in [6.07, 6.45) is 2.23. The molecule has 2 rings (SSSR count). The number of rotatable bonds is 3. The molecule has 0 unspecified atom stereocenters. The van der Waals surface area contributed by atoms with Crippen molar-refractivity contribution in [2.75, 3.05) is 5.32 Å². The monoisotopic (exact) mass is 282 g/mol. The van der Waals surface area contributed by atoms with E-state index in [4.69, 9.17) is 11.6 Å². The topological polar surface area (TPSA) is 116 Å². The van der Waals surface area contributed by atoms with Crippen LogP contribution < -0.4 is 5.32 Å². The second-order valence-electron chi connectivity index (χ2n) is 3.45. The third-order valence-corrected chi connectivity index (χ3v) is 2.52. The van der Waals surface area contributed by atoms with Crippen molar-refractivity contribution in [3.8, 4) is 0 Å². The number of nitrogens with zero attached hydrogens (tertiary/aromatic N) is 5. The summed E-state index contributed by atoms with van der Waals surface area (Å²) in [6, 6.07) is 1.04. The molecule has 0 saturated carbocycles. The first-order valence-electron chi connectivity index (χ1n) is 4.94. The van der Waals surface area contributed by atoms with Gasteiger partial charge < -0.3 is 0 Å². The Morgan fingerprint density at radius 2 is 2.26 bits per heavy atom. The molecule has 0 radical (unpaired) electrons. The second-order valence-corrected chi connectivity index (χ2v) is 3.81. The molecule has 0 bridgehead atoms. The molecule has 1 amide bonds. The van der Waals surface area contributed by atoms with Gasteiger partial charge in [-0.25, -0.2) is 9.67 Å². The van der Waals surface area contributed by atoms with Crippen LogP contribution in [-0.4, -0.2) is 30.6 Å². The van der Waals surface area contributed by atoms with Crippen molar-refractivity contribution in [1.82, 2.24) is 19.7 Å². The molecule has 0 aromatic carbocycles. The standard InChI is InChI=1S/C9H7ClN6O3/c1-15-9(12-4-13-15)14-8(17)6-2-5(16(18)19)3-11-7(6)10/h2-4H,1H3,(H,12,13,14,17). The van der Waals surface area contributed by atoms with Crippen molar-refractivity contribution in [3.05, 3.63) is 39.4 Å². The van der Waals surface area contributed by atoms with Crippen LogP contribution >= 0.6 is 11.6 Å². The molecule has 2 aromatic heterocycles. The molecule has 19 heavy (non-hydrogen) atoms. The molecule has 0 saturated heterocycles. The Hall–Kier alpha value is -2.55. The number of nitro groups is 1. The lowest BCUT2D eigenvalue weighted by atomic mass is 10.2. The van der Waals surface area contributed by atoms with E-state index in [1.165, 1.54) is 11.0 Å². The Kier molecular flexibility index (Phi) is 3.38. The highest BCUT2D eigenvalue weighted by Crippen LogP contribution is 2.19. The van der Waals surface area contributed by atoms with Crippen molar-refractivity contribution < 1.29 is 9.72 Å². The minimum Gasteiger partial charge on any atom is -0.291 e. The predicted molar refractivity (Wildman–Crippen MR) is 64.9 cm³/mol. The van der Waals surface area contributed by atoms with Gasteiger partial charge in [0.15, 0.2) is 0 Å². The zero-order valence-electron chi connectivity index (χ0n) is 9.57. The second kappa shape index (κ2) is 4.98. The van der Waals surface area contributed by atoms with Crippen molar-refractivity contribution in [1.29, 1.82) is 0 Å². The normalized spacial score (nSPS) is 10.2. The van der Waals surface area contributed by atoms with Crippen LogP contribution in [0, 0.1) is 10.1 Å². The van der Waals surface area contributed by atoms with Crippen LogP contribution in [0.1, 0.15) is 10.4 Å². The molecule has 0 atom stereocenters. The van der Waals surface area contributed by atoms with Gasteiger partial charge in [-0.3, -0.25) is 20.2 Å². The summed E-state index contributed by atoms with van der Waals surface area (Å²) in [5.41, 5.74) is -0.439. The van der Waals surface area contributed by atoms with Gasteiger partial charge in [0, 0.05) is 13.1 Å². The van der Waals surface area contributed by atoms with Gasteiger partial charge in [0.1, 0.15) is 17.7 Å². The van der Waals surface area contributed by atoms with Crippen LogP contribution in [0.5, 0.6) is 0 Å². The van der Waals surface area contributed by atoms with E-state index in [2.05, 4.69) is 20.4 Å². The number of hydrogen-bond donors (Lipinski definition) is 1. The van der Waals surface area contributed by atoms with Gasteiger partial charge in [-0.05, 0) is 0 Å². The number of amides is 1. The molecule has 0 aliphatic rings. The fourth-order valence-electron chi connectivity index (χ4n) is 1.27. The number of aryl methyl sites for hydroxylation is 1. The quantitative estimate of drug-likeness (QED) is 0.510. The van der Waals surface area contributed by atoms with E-state index in [0.717, 1.165) is 12.3 Å². The highest BCUT2D eigenvalue weighted by Gasteiger charge is 2.18. The fourth-order valence-corrected chi connectivity index (χ4v) is 1.46. The third kappa shape index (κ3) is 2.65. The van der Waals surface area contributed by atoms with Crippen LogP contribution in [0.4, 0.5) is 11.6 Å². The summed E-state index contributed by atoms with van der Waals surface area (Å²) >= 11 is 5.74. The summed E-state index contributed by atoms with van der Waals surface area (Å²) in [6.45, 7) is 0. The summed E-state index contributed by atoms with van der Waals surface area (Å²) < 4.78 is 1.33. The molecule has 2 aromatic rings. The molecular formula is C9H7ClN6O3. The SMILES string of the molecule is Cn1ncnc1NC(=O)c1cc([N+](=O)[O-])cnc1Cl. The minimum atomic E-state index is -0.664. The highest BCUT2D eigenvalue weighted by atomic mass is 35.5. The maximum atomic E-state index is 11.9. The predicted octanol–water partition coefficient (Wildman–Crippen LogP) is 1.02. The molecule has 0 fully saturated rings. The molecule has 0 aliphatic carbocycles. The van der Waals surface area contributed by atoms with Crippen LogP contribution in [0.3, 0.4) is 0 Å². The van der Waals surface area contributed by atoms with Crippen molar-refractivity contribution >= 4 is 29.1 Å². The maximum absolute atomic E-state index is 11.9. The first-order valence-corrected chi connectivity index (χ1v) is 5.32. The van der Waals surface area contributed by atoms with Crippen molar-refractivity contribution in [2.45, 2.75) is 0 Å². The van der Waals surface area contributed by atoms with Gasteiger partial charge >= 0.3 is 0 Å². The smallest absolute Gasteiger partial charge is 0.288 e. The number of carbonyl (C=O) groups is 1. The van der Waals surface area contributed by atoms with E-state index in [0.29, 0.717) is 0 Å². The maximum Gasteiger partial charge on any atom is 0.288 e.